The van der Waals surface area contributed by atoms with Gasteiger partial charge in [0.15, 0.2) is 5.65 Å². The second kappa shape index (κ2) is 5.96. The Morgan fingerprint density at radius 1 is 1.29 bits per heavy atom. The SMILES string of the molecule is Cc1ccn2c(=O)n(C3CCN(C(=O)OC(C)(C)C)CC3)nc2c1. The number of likely N-dealkylation sites (tertiary alicyclic amines) is 1. The zero-order chi connectivity index (χ0) is 17.5. The third-order valence-corrected chi connectivity index (χ3v) is 4.16. The number of rotatable bonds is 1. The van der Waals surface area contributed by atoms with E-state index in [1.165, 1.54) is 0 Å². The number of carbonyl (C=O) groups is 1. The van der Waals surface area contributed by atoms with Gasteiger partial charge in [0.2, 0.25) is 0 Å². The minimum absolute atomic E-state index is 0.0105. The largest absolute Gasteiger partial charge is 0.444 e. The summed E-state index contributed by atoms with van der Waals surface area (Å²) in [5.41, 5.74) is 1.11. The van der Waals surface area contributed by atoms with Crippen molar-refractivity contribution in [3.05, 3.63) is 34.4 Å². The molecule has 0 N–H and O–H groups in total. The molecule has 0 saturated carbocycles. The summed E-state index contributed by atoms with van der Waals surface area (Å²) in [4.78, 5) is 26.3. The molecule has 0 aromatic carbocycles. The molecule has 0 bridgehead atoms. The number of amides is 1. The summed E-state index contributed by atoms with van der Waals surface area (Å²) in [7, 11) is 0. The summed E-state index contributed by atoms with van der Waals surface area (Å²) >= 11 is 0. The molecule has 1 aliphatic heterocycles. The standard InChI is InChI=1S/C17H24N4O3/c1-12-5-10-20-14(11-12)18-21(15(20)22)13-6-8-19(9-7-13)16(23)24-17(2,3)4/h5,10-11,13H,6-9H2,1-4H3. The molecular weight excluding hydrogens is 308 g/mol. The van der Waals surface area contributed by atoms with Gasteiger partial charge in [-0.1, -0.05) is 0 Å². The van der Waals surface area contributed by atoms with E-state index in [0.29, 0.717) is 31.6 Å². The van der Waals surface area contributed by atoms with E-state index in [1.54, 1.807) is 20.2 Å². The number of pyridine rings is 1. The first-order chi connectivity index (χ1) is 11.2. The summed E-state index contributed by atoms with van der Waals surface area (Å²) in [6, 6.07) is 3.80. The summed E-state index contributed by atoms with van der Waals surface area (Å²) in [5.74, 6) is 0. The lowest BCUT2D eigenvalue weighted by Gasteiger charge is -2.33. The molecule has 0 atom stereocenters. The number of fused-ring (bicyclic) bond motifs is 1. The fraction of sp³-hybridized carbons (Fsp3) is 0.588. The average Bonchev–Trinajstić information content (AvgIpc) is 2.82. The van der Waals surface area contributed by atoms with Crippen LogP contribution in [0.25, 0.3) is 5.65 Å². The van der Waals surface area contributed by atoms with Crippen LogP contribution in [0.1, 0.15) is 45.2 Å². The molecule has 1 fully saturated rings. The van der Waals surface area contributed by atoms with Crippen molar-refractivity contribution in [1.29, 1.82) is 0 Å². The van der Waals surface area contributed by atoms with Crippen LogP contribution in [0, 0.1) is 6.92 Å². The van der Waals surface area contributed by atoms with Crippen LogP contribution in [0.2, 0.25) is 0 Å². The molecule has 0 unspecified atom stereocenters. The first kappa shape index (κ1) is 16.5. The van der Waals surface area contributed by atoms with Crippen LogP contribution in [-0.2, 0) is 4.74 Å². The van der Waals surface area contributed by atoms with E-state index in [4.69, 9.17) is 4.74 Å². The molecule has 3 rings (SSSR count). The van der Waals surface area contributed by atoms with Crippen molar-refractivity contribution in [3.8, 4) is 0 Å². The van der Waals surface area contributed by atoms with Crippen LogP contribution in [0.5, 0.6) is 0 Å². The van der Waals surface area contributed by atoms with Crippen LogP contribution >= 0.6 is 0 Å². The van der Waals surface area contributed by atoms with Gasteiger partial charge in [-0.15, -0.1) is 5.10 Å². The fourth-order valence-electron chi connectivity index (χ4n) is 2.95. The van der Waals surface area contributed by atoms with Gasteiger partial charge in [0, 0.05) is 19.3 Å². The van der Waals surface area contributed by atoms with E-state index >= 15 is 0 Å². The van der Waals surface area contributed by atoms with Crippen LogP contribution < -0.4 is 5.69 Å². The Hall–Kier alpha value is -2.31. The smallest absolute Gasteiger partial charge is 0.410 e. The normalized spacial score (nSPS) is 16.6. The Kier molecular flexibility index (Phi) is 4.11. The maximum Gasteiger partial charge on any atom is 0.410 e. The van der Waals surface area contributed by atoms with E-state index in [9.17, 15) is 9.59 Å². The highest BCUT2D eigenvalue weighted by molar-refractivity contribution is 5.68. The van der Waals surface area contributed by atoms with Crippen molar-refractivity contribution in [2.75, 3.05) is 13.1 Å². The first-order valence-corrected chi connectivity index (χ1v) is 8.30. The van der Waals surface area contributed by atoms with Gasteiger partial charge >= 0.3 is 11.8 Å². The Balaban J connectivity index is 1.72. The molecule has 2 aromatic rings. The molecule has 130 valence electrons. The lowest BCUT2D eigenvalue weighted by atomic mass is 10.1. The van der Waals surface area contributed by atoms with Gasteiger partial charge in [-0.25, -0.2) is 14.3 Å². The number of aromatic nitrogens is 3. The molecule has 24 heavy (non-hydrogen) atoms. The van der Waals surface area contributed by atoms with Crippen LogP contribution in [0.3, 0.4) is 0 Å². The zero-order valence-electron chi connectivity index (χ0n) is 14.7. The van der Waals surface area contributed by atoms with Crippen molar-refractivity contribution >= 4 is 11.7 Å². The monoisotopic (exact) mass is 332 g/mol. The predicted octanol–water partition coefficient (Wildman–Crippen LogP) is 2.38. The number of ether oxygens (including phenoxy) is 1. The number of nitrogens with zero attached hydrogens (tertiary/aromatic N) is 4. The number of piperidine rings is 1. The predicted molar refractivity (Wildman–Crippen MR) is 90.3 cm³/mol. The van der Waals surface area contributed by atoms with Gasteiger partial charge in [-0.05, 0) is 58.2 Å². The van der Waals surface area contributed by atoms with E-state index in [1.807, 2.05) is 39.8 Å². The van der Waals surface area contributed by atoms with Gasteiger partial charge in [0.25, 0.3) is 0 Å². The fourth-order valence-corrected chi connectivity index (χ4v) is 2.95. The third kappa shape index (κ3) is 3.29. The van der Waals surface area contributed by atoms with E-state index in [-0.39, 0.29) is 17.8 Å². The van der Waals surface area contributed by atoms with Crippen LogP contribution in [0.15, 0.2) is 23.1 Å². The quantitative estimate of drug-likeness (QED) is 0.804. The van der Waals surface area contributed by atoms with Crippen molar-refractivity contribution in [2.45, 2.75) is 52.2 Å². The third-order valence-electron chi connectivity index (χ3n) is 4.16. The molecule has 1 saturated heterocycles. The van der Waals surface area contributed by atoms with E-state index in [0.717, 1.165) is 5.56 Å². The average molecular weight is 332 g/mol. The first-order valence-electron chi connectivity index (χ1n) is 8.30. The molecule has 1 aliphatic rings. The molecule has 0 spiro atoms. The second-order valence-corrected chi connectivity index (χ2v) is 7.36. The second-order valence-electron chi connectivity index (χ2n) is 7.36. The van der Waals surface area contributed by atoms with E-state index in [2.05, 4.69) is 5.10 Å². The summed E-state index contributed by atoms with van der Waals surface area (Å²) < 4.78 is 8.52. The minimum Gasteiger partial charge on any atom is -0.444 e. The lowest BCUT2D eigenvalue weighted by Crippen LogP contribution is -2.43. The van der Waals surface area contributed by atoms with Gasteiger partial charge in [-0.2, -0.15) is 0 Å². The topological polar surface area (TPSA) is 68.8 Å². The number of carbonyl (C=O) groups excluding carboxylic acids is 1. The summed E-state index contributed by atoms with van der Waals surface area (Å²) in [6.45, 7) is 8.68. The highest BCUT2D eigenvalue weighted by atomic mass is 16.6. The summed E-state index contributed by atoms with van der Waals surface area (Å²) in [6.07, 6.45) is 2.86. The molecule has 0 radical (unpaired) electrons. The number of aryl methyl sites for hydroxylation is 1. The molecule has 1 amide bonds. The molecule has 7 heteroatoms. The Morgan fingerprint density at radius 2 is 1.96 bits per heavy atom. The van der Waals surface area contributed by atoms with Crippen molar-refractivity contribution in [2.24, 2.45) is 0 Å². The van der Waals surface area contributed by atoms with Gasteiger partial charge in [-0.3, -0.25) is 4.40 Å². The molecule has 7 nitrogen and oxygen atoms in total. The number of hydrogen-bond acceptors (Lipinski definition) is 4. The highest BCUT2D eigenvalue weighted by Gasteiger charge is 2.29. The zero-order valence-corrected chi connectivity index (χ0v) is 14.7. The highest BCUT2D eigenvalue weighted by Crippen LogP contribution is 2.22. The number of hydrogen-bond donors (Lipinski definition) is 0. The Labute approximate surface area is 140 Å². The molecule has 3 heterocycles. The maximum absolute atomic E-state index is 12.5. The minimum atomic E-state index is -0.496. The van der Waals surface area contributed by atoms with Crippen molar-refractivity contribution in [1.82, 2.24) is 19.1 Å². The Morgan fingerprint density at radius 3 is 2.58 bits per heavy atom. The Bertz CT molecular complexity index is 807. The van der Waals surface area contributed by atoms with Gasteiger partial charge in [0.1, 0.15) is 5.60 Å². The summed E-state index contributed by atoms with van der Waals surface area (Å²) in [5, 5.41) is 4.46. The molecule has 0 aliphatic carbocycles. The van der Waals surface area contributed by atoms with Crippen LogP contribution in [-0.4, -0.2) is 43.9 Å². The van der Waals surface area contributed by atoms with Crippen molar-refractivity contribution < 1.29 is 9.53 Å². The molecular formula is C17H24N4O3. The lowest BCUT2D eigenvalue weighted by molar-refractivity contribution is 0.0184. The molecule has 2 aromatic heterocycles. The van der Waals surface area contributed by atoms with E-state index < -0.39 is 5.60 Å². The van der Waals surface area contributed by atoms with Gasteiger partial charge < -0.3 is 9.64 Å². The van der Waals surface area contributed by atoms with Gasteiger partial charge in [0.05, 0.1) is 6.04 Å². The maximum atomic E-state index is 12.5. The van der Waals surface area contributed by atoms with Crippen LogP contribution in [0.4, 0.5) is 4.79 Å². The van der Waals surface area contributed by atoms with Crippen molar-refractivity contribution in [3.63, 3.8) is 0 Å².